The van der Waals surface area contributed by atoms with E-state index in [1.807, 2.05) is 0 Å². The highest BCUT2D eigenvalue weighted by Gasteiger charge is 2.56. The van der Waals surface area contributed by atoms with Crippen molar-refractivity contribution >= 4 is 18.0 Å². The molecule has 1 aliphatic heterocycles. The number of aliphatic hydroxyl groups excluding tert-OH is 1. The molecule has 0 amide bonds. The SMILES string of the molecule is CCOC(=O)[C@@]1(N[C@@H](Cc2ccccc2C=O)C(=O)C(N)CCO)CO1. The summed E-state index contributed by atoms with van der Waals surface area (Å²) in [6, 6.07) is 5.08. The Hall–Kier alpha value is -2.13. The van der Waals surface area contributed by atoms with Crippen molar-refractivity contribution in [1.29, 1.82) is 0 Å². The largest absolute Gasteiger partial charge is 0.463 e. The van der Waals surface area contributed by atoms with Crippen LogP contribution in [0.2, 0.25) is 0 Å². The molecule has 1 aromatic rings. The minimum absolute atomic E-state index is 0.0835. The lowest BCUT2D eigenvalue weighted by atomic mass is 9.94. The first-order valence-corrected chi connectivity index (χ1v) is 8.49. The average molecular weight is 364 g/mol. The first kappa shape index (κ1) is 20.2. The monoisotopic (exact) mass is 364 g/mol. The Kier molecular flexibility index (Phi) is 6.98. The molecule has 8 nitrogen and oxygen atoms in total. The summed E-state index contributed by atoms with van der Waals surface area (Å²) in [5, 5.41) is 11.9. The number of esters is 1. The van der Waals surface area contributed by atoms with Crippen molar-refractivity contribution in [3.05, 3.63) is 35.4 Å². The van der Waals surface area contributed by atoms with Crippen LogP contribution in [-0.4, -0.2) is 60.8 Å². The van der Waals surface area contributed by atoms with Crippen LogP contribution in [-0.2, 0) is 25.5 Å². The molecule has 1 heterocycles. The highest BCUT2D eigenvalue weighted by atomic mass is 16.7. The molecule has 142 valence electrons. The van der Waals surface area contributed by atoms with E-state index in [-0.39, 0.29) is 38.4 Å². The number of rotatable bonds is 11. The van der Waals surface area contributed by atoms with Gasteiger partial charge in [0.05, 0.1) is 18.7 Å². The molecule has 1 fully saturated rings. The molecule has 4 N–H and O–H groups in total. The van der Waals surface area contributed by atoms with Gasteiger partial charge in [-0.3, -0.25) is 14.9 Å². The maximum Gasteiger partial charge on any atom is 0.356 e. The number of aliphatic hydroxyl groups is 1. The van der Waals surface area contributed by atoms with Gasteiger partial charge in [0.2, 0.25) is 5.72 Å². The summed E-state index contributed by atoms with van der Waals surface area (Å²) < 4.78 is 10.2. The Balaban J connectivity index is 2.23. The van der Waals surface area contributed by atoms with Gasteiger partial charge in [-0.15, -0.1) is 0 Å². The molecule has 8 heteroatoms. The Morgan fingerprint density at radius 1 is 1.46 bits per heavy atom. The summed E-state index contributed by atoms with van der Waals surface area (Å²) in [6.07, 6.45) is 0.955. The topological polar surface area (TPSA) is 131 Å². The Morgan fingerprint density at radius 3 is 2.73 bits per heavy atom. The van der Waals surface area contributed by atoms with Gasteiger partial charge in [0.1, 0.15) is 12.9 Å². The van der Waals surface area contributed by atoms with Crippen LogP contribution in [0.3, 0.4) is 0 Å². The van der Waals surface area contributed by atoms with E-state index in [1.54, 1.807) is 31.2 Å². The van der Waals surface area contributed by atoms with E-state index < -0.39 is 23.8 Å². The molecule has 2 rings (SSSR count). The van der Waals surface area contributed by atoms with E-state index in [4.69, 9.17) is 20.3 Å². The van der Waals surface area contributed by atoms with Crippen LogP contribution in [0.15, 0.2) is 24.3 Å². The van der Waals surface area contributed by atoms with Gasteiger partial charge < -0.3 is 20.3 Å². The minimum Gasteiger partial charge on any atom is -0.463 e. The first-order valence-electron chi connectivity index (χ1n) is 8.49. The molecule has 1 unspecified atom stereocenters. The second-order valence-corrected chi connectivity index (χ2v) is 6.08. The second kappa shape index (κ2) is 9.00. The Morgan fingerprint density at radius 2 is 2.15 bits per heavy atom. The van der Waals surface area contributed by atoms with Gasteiger partial charge in [-0.1, -0.05) is 24.3 Å². The second-order valence-electron chi connectivity index (χ2n) is 6.08. The van der Waals surface area contributed by atoms with Gasteiger partial charge in [0.25, 0.3) is 0 Å². The molecule has 0 spiro atoms. The van der Waals surface area contributed by atoms with Gasteiger partial charge in [0, 0.05) is 12.2 Å². The minimum atomic E-state index is -1.37. The standard InChI is InChI=1S/C18H24N2O6/c1-2-25-17(24)18(11-26-18)20-15(16(23)14(19)7-8-21)9-12-5-3-4-6-13(12)10-22/h3-6,10,14-15,20-21H,2,7-9,11,19H2,1H3/t14?,15-,18+/m0/s1. The summed E-state index contributed by atoms with van der Waals surface area (Å²) in [4.78, 5) is 36.1. The van der Waals surface area contributed by atoms with Crippen LogP contribution >= 0.6 is 0 Å². The predicted molar refractivity (Wildman–Crippen MR) is 92.5 cm³/mol. The number of nitrogens with one attached hydrogen (secondary N) is 1. The van der Waals surface area contributed by atoms with Crippen molar-refractivity contribution in [3.8, 4) is 0 Å². The number of hydrogen-bond acceptors (Lipinski definition) is 8. The van der Waals surface area contributed by atoms with Crippen molar-refractivity contribution < 1.29 is 29.0 Å². The van der Waals surface area contributed by atoms with Crippen molar-refractivity contribution in [1.82, 2.24) is 5.32 Å². The van der Waals surface area contributed by atoms with Gasteiger partial charge in [0.15, 0.2) is 5.78 Å². The number of benzene rings is 1. The predicted octanol–water partition coefficient (Wildman–Crippen LogP) is -0.432. The van der Waals surface area contributed by atoms with Crippen molar-refractivity contribution in [3.63, 3.8) is 0 Å². The number of aldehydes is 1. The molecule has 1 aromatic carbocycles. The van der Waals surface area contributed by atoms with Crippen LogP contribution in [0.1, 0.15) is 29.3 Å². The fourth-order valence-corrected chi connectivity index (χ4v) is 2.68. The van der Waals surface area contributed by atoms with E-state index in [9.17, 15) is 14.4 Å². The Labute approximate surface area is 151 Å². The lowest BCUT2D eigenvalue weighted by Crippen LogP contribution is -2.55. The zero-order valence-corrected chi connectivity index (χ0v) is 14.6. The Bertz CT molecular complexity index is 659. The molecular weight excluding hydrogens is 340 g/mol. The van der Waals surface area contributed by atoms with Gasteiger partial charge >= 0.3 is 5.97 Å². The van der Waals surface area contributed by atoms with Gasteiger partial charge in [-0.25, -0.2) is 4.79 Å². The van der Waals surface area contributed by atoms with Crippen molar-refractivity contribution in [2.75, 3.05) is 19.8 Å². The lowest BCUT2D eigenvalue weighted by molar-refractivity contribution is -0.151. The zero-order valence-electron chi connectivity index (χ0n) is 14.6. The van der Waals surface area contributed by atoms with Gasteiger partial charge in [-0.05, 0) is 25.3 Å². The molecule has 3 atom stereocenters. The average Bonchev–Trinajstić information content (AvgIpc) is 3.42. The number of epoxide rings is 1. The fraction of sp³-hybridized carbons (Fsp3) is 0.500. The third-order valence-corrected chi connectivity index (χ3v) is 4.20. The van der Waals surface area contributed by atoms with E-state index in [1.165, 1.54) is 0 Å². The number of carbonyl (C=O) groups is 3. The first-order chi connectivity index (χ1) is 12.5. The molecule has 0 aromatic heterocycles. The third kappa shape index (κ3) is 4.73. The summed E-state index contributed by atoms with van der Waals surface area (Å²) in [5.74, 6) is -0.976. The zero-order chi connectivity index (χ0) is 19.2. The molecule has 26 heavy (non-hydrogen) atoms. The maximum absolute atomic E-state index is 12.7. The van der Waals surface area contributed by atoms with E-state index in [0.29, 0.717) is 17.4 Å². The number of ketones is 1. The summed E-state index contributed by atoms with van der Waals surface area (Å²) in [6.45, 7) is 1.71. The van der Waals surface area contributed by atoms with Crippen LogP contribution in [0.25, 0.3) is 0 Å². The summed E-state index contributed by atoms with van der Waals surface area (Å²) in [7, 11) is 0. The molecule has 0 bridgehead atoms. The van der Waals surface area contributed by atoms with Gasteiger partial charge in [-0.2, -0.15) is 0 Å². The summed E-state index contributed by atoms with van der Waals surface area (Å²) >= 11 is 0. The molecule has 1 saturated heterocycles. The smallest absolute Gasteiger partial charge is 0.356 e. The molecule has 1 aliphatic rings. The van der Waals surface area contributed by atoms with Crippen molar-refractivity contribution in [2.45, 2.75) is 37.6 Å². The normalized spacial score (nSPS) is 20.9. The number of Topliss-reactive ketones (excluding diaryl/α,β-unsaturated/α-hetero) is 1. The number of nitrogens with two attached hydrogens (primary N) is 1. The molecule has 0 aliphatic carbocycles. The van der Waals surface area contributed by atoms with Crippen LogP contribution in [0.4, 0.5) is 0 Å². The number of ether oxygens (including phenoxy) is 2. The van der Waals surface area contributed by atoms with E-state index >= 15 is 0 Å². The number of carbonyl (C=O) groups excluding carboxylic acids is 3. The van der Waals surface area contributed by atoms with Crippen molar-refractivity contribution in [2.24, 2.45) is 5.73 Å². The third-order valence-electron chi connectivity index (χ3n) is 4.20. The highest BCUT2D eigenvalue weighted by Crippen LogP contribution is 2.27. The lowest BCUT2D eigenvalue weighted by Gasteiger charge is -2.24. The molecule has 0 radical (unpaired) electrons. The summed E-state index contributed by atoms with van der Waals surface area (Å²) in [5.41, 5.74) is 5.57. The fourth-order valence-electron chi connectivity index (χ4n) is 2.68. The van der Waals surface area contributed by atoms with E-state index in [2.05, 4.69) is 5.32 Å². The van der Waals surface area contributed by atoms with E-state index in [0.717, 1.165) is 0 Å². The highest BCUT2D eigenvalue weighted by molar-refractivity contribution is 5.91. The quantitative estimate of drug-likeness (QED) is 0.274. The van der Waals surface area contributed by atoms with Crippen LogP contribution in [0, 0.1) is 0 Å². The molecular formula is C18H24N2O6. The van der Waals surface area contributed by atoms with Crippen LogP contribution in [0.5, 0.6) is 0 Å². The van der Waals surface area contributed by atoms with Crippen LogP contribution < -0.4 is 11.1 Å². The maximum atomic E-state index is 12.7. The molecule has 0 saturated carbocycles. The number of hydrogen-bond donors (Lipinski definition) is 3.